The maximum absolute atomic E-state index is 5.83. The Kier molecular flexibility index (Phi) is 1.98. The minimum Gasteiger partial charge on any atom is -0.497 e. The van der Waals surface area contributed by atoms with Crippen LogP contribution in [-0.4, -0.2) is 18.6 Å². The standard InChI is InChI=1S/C13H16N2O/c1-16-10-3-2-9-6-12(15-11(9)7-10)13(8-14)4-5-13/h2-3,6-7,15H,4-5,8,14H2,1H3. The highest BCUT2D eigenvalue weighted by Crippen LogP contribution is 2.47. The van der Waals surface area contributed by atoms with Crippen LogP contribution in [0, 0.1) is 0 Å². The van der Waals surface area contributed by atoms with Gasteiger partial charge in [0.1, 0.15) is 5.75 Å². The summed E-state index contributed by atoms with van der Waals surface area (Å²) in [5.41, 5.74) is 8.47. The van der Waals surface area contributed by atoms with Gasteiger partial charge < -0.3 is 15.5 Å². The minimum absolute atomic E-state index is 0.228. The number of nitrogens with one attached hydrogen (secondary N) is 1. The number of benzene rings is 1. The maximum atomic E-state index is 5.83. The number of fused-ring (bicyclic) bond motifs is 1. The molecule has 1 heterocycles. The Morgan fingerprint density at radius 3 is 2.81 bits per heavy atom. The number of rotatable bonds is 3. The van der Waals surface area contributed by atoms with Crippen molar-refractivity contribution in [1.82, 2.24) is 4.98 Å². The molecule has 16 heavy (non-hydrogen) atoms. The quantitative estimate of drug-likeness (QED) is 0.826. The smallest absolute Gasteiger partial charge is 0.120 e. The molecule has 3 N–H and O–H groups in total. The third-order valence-corrected chi connectivity index (χ3v) is 3.65. The number of ether oxygens (including phenoxy) is 1. The Morgan fingerprint density at radius 2 is 2.19 bits per heavy atom. The lowest BCUT2D eigenvalue weighted by atomic mass is 10.0. The number of aromatic nitrogens is 1. The summed E-state index contributed by atoms with van der Waals surface area (Å²) in [6.45, 7) is 0.733. The van der Waals surface area contributed by atoms with E-state index in [-0.39, 0.29) is 5.41 Å². The summed E-state index contributed by atoms with van der Waals surface area (Å²) in [5.74, 6) is 0.887. The lowest BCUT2D eigenvalue weighted by Crippen LogP contribution is -2.19. The monoisotopic (exact) mass is 216 g/mol. The predicted octanol–water partition coefficient (Wildman–Crippen LogP) is 2.17. The zero-order chi connectivity index (χ0) is 11.2. The van der Waals surface area contributed by atoms with E-state index in [9.17, 15) is 0 Å². The van der Waals surface area contributed by atoms with Crippen molar-refractivity contribution in [1.29, 1.82) is 0 Å². The molecule has 1 saturated carbocycles. The molecule has 1 aromatic heterocycles. The first-order valence-corrected chi connectivity index (χ1v) is 5.65. The first-order chi connectivity index (χ1) is 7.77. The molecule has 1 aliphatic carbocycles. The third-order valence-electron chi connectivity index (χ3n) is 3.65. The lowest BCUT2D eigenvalue weighted by molar-refractivity contribution is 0.415. The van der Waals surface area contributed by atoms with E-state index >= 15 is 0 Å². The minimum atomic E-state index is 0.228. The fraction of sp³-hybridized carbons (Fsp3) is 0.385. The van der Waals surface area contributed by atoms with E-state index in [2.05, 4.69) is 17.1 Å². The topological polar surface area (TPSA) is 51.0 Å². The van der Waals surface area contributed by atoms with Gasteiger partial charge in [0.05, 0.1) is 7.11 Å². The number of hydrogen-bond donors (Lipinski definition) is 2. The van der Waals surface area contributed by atoms with Gasteiger partial charge in [-0.15, -0.1) is 0 Å². The largest absolute Gasteiger partial charge is 0.497 e. The number of H-pyrrole nitrogens is 1. The second-order valence-corrected chi connectivity index (χ2v) is 4.62. The molecular weight excluding hydrogens is 200 g/mol. The second kappa shape index (κ2) is 3.25. The SMILES string of the molecule is COc1ccc2cc(C3(CN)CC3)[nH]c2c1. The van der Waals surface area contributed by atoms with Crippen LogP contribution in [0.5, 0.6) is 5.75 Å². The summed E-state index contributed by atoms with van der Waals surface area (Å²) >= 11 is 0. The molecule has 3 rings (SSSR count). The first-order valence-electron chi connectivity index (χ1n) is 5.65. The average molecular weight is 216 g/mol. The second-order valence-electron chi connectivity index (χ2n) is 4.62. The number of nitrogens with two attached hydrogens (primary N) is 1. The first kappa shape index (κ1) is 9.73. The number of methoxy groups -OCH3 is 1. The molecule has 1 aromatic carbocycles. The van der Waals surface area contributed by atoms with Crippen LogP contribution in [0.25, 0.3) is 10.9 Å². The van der Waals surface area contributed by atoms with Gasteiger partial charge >= 0.3 is 0 Å². The fourth-order valence-electron chi connectivity index (χ4n) is 2.25. The summed E-state index contributed by atoms with van der Waals surface area (Å²) in [6.07, 6.45) is 2.40. The van der Waals surface area contributed by atoms with E-state index in [4.69, 9.17) is 10.5 Å². The van der Waals surface area contributed by atoms with Gasteiger partial charge in [-0.3, -0.25) is 0 Å². The summed E-state index contributed by atoms with van der Waals surface area (Å²) in [4.78, 5) is 3.46. The van der Waals surface area contributed by atoms with Crippen molar-refractivity contribution in [3.8, 4) is 5.75 Å². The molecule has 3 heteroatoms. The molecule has 2 aromatic rings. The van der Waals surface area contributed by atoms with Gasteiger partial charge in [-0.25, -0.2) is 0 Å². The van der Waals surface area contributed by atoms with Crippen molar-refractivity contribution in [2.24, 2.45) is 5.73 Å². The molecule has 84 valence electrons. The van der Waals surface area contributed by atoms with Crippen LogP contribution in [-0.2, 0) is 5.41 Å². The van der Waals surface area contributed by atoms with Crippen molar-refractivity contribution < 1.29 is 4.74 Å². The third kappa shape index (κ3) is 1.32. The molecule has 1 aliphatic rings. The van der Waals surface area contributed by atoms with E-state index in [1.807, 2.05) is 12.1 Å². The van der Waals surface area contributed by atoms with Crippen molar-refractivity contribution >= 4 is 10.9 Å². The Bertz CT molecular complexity index is 526. The predicted molar refractivity (Wildman–Crippen MR) is 64.8 cm³/mol. The Morgan fingerprint density at radius 1 is 1.38 bits per heavy atom. The molecule has 3 nitrogen and oxygen atoms in total. The summed E-state index contributed by atoms with van der Waals surface area (Å²) in [6, 6.07) is 8.32. The van der Waals surface area contributed by atoms with E-state index in [0.29, 0.717) is 0 Å². The van der Waals surface area contributed by atoms with Crippen LogP contribution in [0.1, 0.15) is 18.5 Å². The average Bonchev–Trinajstić information content (AvgIpc) is 3.01. The molecule has 0 radical (unpaired) electrons. The molecule has 0 spiro atoms. The van der Waals surface area contributed by atoms with Crippen LogP contribution < -0.4 is 10.5 Å². The highest BCUT2D eigenvalue weighted by atomic mass is 16.5. The number of aromatic amines is 1. The van der Waals surface area contributed by atoms with Crippen LogP contribution >= 0.6 is 0 Å². The van der Waals surface area contributed by atoms with Crippen LogP contribution in [0.4, 0.5) is 0 Å². The normalized spacial score (nSPS) is 17.6. The van der Waals surface area contributed by atoms with Crippen molar-refractivity contribution in [2.75, 3.05) is 13.7 Å². The lowest BCUT2D eigenvalue weighted by Gasteiger charge is -2.08. The highest BCUT2D eigenvalue weighted by Gasteiger charge is 2.44. The van der Waals surface area contributed by atoms with Gasteiger partial charge in [-0.05, 0) is 36.4 Å². The zero-order valence-electron chi connectivity index (χ0n) is 9.42. The zero-order valence-corrected chi connectivity index (χ0v) is 9.42. The van der Waals surface area contributed by atoms with E-state index in [0.717, 1.165) is 17.8 Å². The summed E-state index contributed by atoms with van der Waals surface area (Å²) < 4.78 is 5.21. The van der Waals surface area contributed by atoms with Gasteiger partial charge in [0, 0.05) is 29.2 Å². The van der Waals surface area contributed by atoms with Crippen molar-refractivity contribution in [3.63, 3.8) is 0 Å². The molecule has 0 atom stereocenters. The van der Waals surface area contributed by atoms with Gasteiger partial charge in [0.25, 0.3) is 0 Å². The molecule has 0 aliphatic heterocycles. The Balaban J connectivity index is 2.09. The van der Waals surface area contributed by atoms with E-state index in [1.165, 1.54) is 23.9 Å². The fourth-order valence-corrected chi connectivity index (χ4v) is 2.25. The molecule has 0 bridgehead atoms. The molecule has 0 unspecified atom stereocenters. The molecular formula is C13H16N2O. The van der Waals surface area contributed by atoms with Gasteiger partial charge in [0.2, 0.25) is 0 Å². The van der Waals surface area contributed by atoms with Crippen LogP contribution in [0.15, 0.2) is 24.3 Å². The Hall–Kier alpha value is -1.48. The Labute approximate surface area is 94.6 Å². The highest BCUT2D eigenvalue weighted by molar-refractivity contribution is 5.82. The van der Waals surface area contributed by atoms with Gasteiger partial charge in [-0.1, -0.05) is 0 Å². The summed E-state index contributed by atoms with van der Waals surface area (Å²) in [5, 5.41) is 1.23. The van der Waals surface area contributed by atoms with Crippen LogP contribution in [0.2, 0.25) is 0 Å². The molecule has 0 saturated heterocycles. The van der Waals surface area contributed by atoms with E-state index < -0.39 is 0 Å². The maximum Gasteiger partial charge on any atom is 0.120 e. The van der Waals surface area contributed by atoms with E-state index in [1.54, 1.807) is 7.11 Å². The molecule has 1 fully saturated rings. The van der Waals surface area contributed by atoms with Crippen molar-refractivity contribution in [2.45, 2.75) is 18.3 Å². The summed E-state index contributed by atoms with van der Waals surface area (Å²) in [7, 11) is 1.69. The van der Waals surface area contributed by atoms with Crippen molar-refractivity contribution in [3.05, 3.63) is 30.0 Å². The number of hydrogen-bond acceptors (Lipinski definition) is 2. The van der Waals surface area contributed by atoms with Crippen LogP contribution in [0.3, 0.4) is 0 Å². The molecule has 0 amide bonds. The van der Waals surface area contributed by atoms with Gasteiger partial charge in [-0.2, -0.15) is 0 Å². The van der Waals surface area contributed by atoms with Gasteiger partial charge in [0.15, 0.2) is 0 Å².